The van der Waals surface area contributed by atoms with Crippen LogP contribution in [0.2, 0.25) is 0 Å². The minimum atomic E-state index is -4.99. The second-order valence-corrected chi connectivity index (χ2v) is 7.73. The summed E-state index contributed by atoms with van der Waals surface area (Å²) in [5.74, 6) is -1.13. The standard InChI is InChI=1S/C22H23F6N3O2/c1-12(2)19(32)30-8-6-18-17(5-4-7-29-18)20(33)31-13(3)14-9-15(21(23,24)25)11-16(10-14)22(26,27)28/h4-5,7,9-13H,6,8H2,1-3H3,(H,30,32)(H,31,33)/t13-/m1/s1. The molecule has 2 amide bonds. The summed E-state index contributed by atoms with van der Waals surface area (Å²) >= 11 is 0. The molecule has 0 aliphatic rings. The molecule has 11 heteroatoms. The molecule has 0 saturated carbocycles. The molecule has 1 atom stereocenters. The van der Waals surface area contributed by atoms with E-state index in [9.17, 15) is 35.9 Å². The van der Waals surface area contributed by atoms with Crippen molar-refractivity contribution in [2.45, 2.75) is 45.6 Å². The van der Waals surface area contributed by atoms with Gasteiger partial charge < -0.3 is 10.6 Å². The van der Waals surface area contributed by atoms with E-state index in [1.165, 1.54) is 25.3 Å². The first-order chi connectivity index (χ1) is 15.2. The van der Waals surface area contributed by atoms with Crippen LogP contribution >= 0.6 is 0 Å². The molecule has 0 aliphatic carbocycles. The quantitative estimate of drug-likeness (QED) is 0.559. The molecule has 1 aromatic carbocycles. The van der Waals surface area contributed by atoms with Crippen molar-refractivity contribution in [1.82, 2.24) is 15.6 Å². The van der Waals surface area contributed by atoms with Crippen molar-refractivity contribution in [2.24, 2.45) is 5.92 Å². The number of alkyl halides is 6. The molecular weight excluding hydrogens is 452 g/mol. The van der Waals surface area contributed by atoms with Gasteiger partial charge in [-0.25, -0.2) is 0 Å². The molecule has 0 bridgehead atoms. The van der Waals surface area contributed by atoms with Crippen LogP contribution in [0.4, 0.5) is 26.3 Å². The molecular formula is C22H23F6N3O2. The lowest BCUT2D eigenvalue weighted by molar-refractivity contribution is -0.143. The smallest absolute Gasteiger partial charge is 0.355 e. The normalized spacial score (nSPS) is 13.0. The van der Waals surface area contributed by atoms with Crippen LogP contribution in [0.25, 0.3) is 0 Å². The third-order valence-corrected chi connectivity index (χ3v) is 4.78. The van der Waals surface area contributed by atoms with E-state index in [-0.39, 0.29) is 42.0 Å². The summed E-state index contributed by atoms with van der Waals surface area (Å²) in [6.07, 6.45) is -8.34. The fraction of sp³-hybridized carbons (Fsp3) is 0.409. The van der Waals surface area contributed by atoms with E-state index in [1.54, 1.807) is 13.8 Å². The number of halogens is 6. The van der Waals surface area contributed by atoms with Gasteiger partial charge in [0.2, 0.25) is 5.91 Å². The second-order valence-electron chi connectivity index (χ2n) is 7.73. The number of hydrogen-bond donors (Lipinski definition) is 2. The van der Waals surface area contributed by atoms with E-state index in [0.29, 0.717) is 17.8 Å². The Morgan fingerprint density at radius 1 is 0.970 bits per heavy atom. The molecule has 0 unspecified atom stereocenters. The van der Waals surface area contributed by atoms with Gasteiger partial charge in [0, 0.05) is 25.1 Å². The third kappa shape index (κ3) is 7.19. The van der Waals surface area contributed by atoms with Crippen LogP contribution in [0.1, 0.15) is 59.6 Å². The SMILES string of the molecule is CC(C)C(=O)NCCc1ncccc1C(=O)N[C@H](C)c1cc(C(F)(F)F)cc(C(F)(F)F)c1. The predicted octanol–water partition coefficient (Wildman–Crippen LogP) is 4.92. The number of aromatic nitrogens is 1. The predicted molar refractivity (Wildman–Crippen MR) is 108 cm³/mol. The van der Waals surface area contributed by atoms with Crippen LogP contribution in [-0.4, -0.2) is 23.3 Å². The minimum absolute atomic E-state index is 0.0305. The Morgan fingerprint density at radius 3 is 2.06 bits per heavy atom. The van der Waals surface area contributed by atoms with Gasteiger partial charge in [-0.05, 0) is 42.8 Å². The maximum absolute atomic E-state index is 13.1. The molecule has 1 aromatic heterocycles. The second kappa shape index (κ2) is 10.2. The molecule has 0 spiro atoms. The molecule has 2 N–H and O–H groups in total. The lowest BCUT2D eigenvalue weighted by atomic mass is 10.00. The molecule has 2 rings (SSSR count). The Morgan fingerprint density at radius 2 is 1.55 bits per heavy atom. The maximum atomic E-state index is 13.1. The van der Waals surface area contributed by atoms with Gasteiger partial charge in [-0.2, -0.15) is 26.3 Å². The Kier molecular flexibility index (Phi) is 8.10. The molecule has 0 saturated heterocycles. The molecule has 33 heavy (non-hydrogen) atoms. The molecule has 0 aliphatic heterocycles. The average molecular weight is 475 g/mol. The van der Waals surface area contributed by atoms with Crippen LogP contribution in [-0.2, 0) is 23.6 Å². The lowest BCUT2D eigenvalue weighted by Gasteiger charge is -2.19. The van der Waals surface area contributed by atoms with Gasteiger partial charge in [0.25, 0.3) is 5.91 Å². The van der Waals surface area contributed by atoms with E-state index in [2.05, 4.69) is 15.6 Å². The van der Waals surface area contributed by atoms with Crippen LogP contribution in [0, 0.1) is 5.92 Å². The zero-order chi connectivity index (χ0) is 25.0. The van der Waals surface area contributed by atoms with Gasteiger partial charge in [0.05, 0.1) is 28.4 Å². The first-order valence-corrected chi connectivity index (χ1v) is 10.0. The molecule has 5 nitrogen and oxygen atoms in total. The van der Waals surface area contributed by atoms with Gasteiger partial charge >= 0.3 is 12.4 Å². The summed E-state index contributed by atoms with van der Waals surface area (Å²) in [6.45, 7) is 4.92. The Labute approximate surface area is 186 Å². The number of rotatable bonds is 7. The van der Waals surface area contributed by atoms with Crippen molar-refractivity contribution >= 4 is 11.8 Å². The molecule has 0 fully saturated rings. The summed E-state index contributed by atoms with van der Waals surface area (Å²) in [6, 6.07) is 2.93. The van der Waals surface area contributed by atoms with Gasteiger partial charge in [-0.3, -0.25) is 14.6 Å². The highest BCUT2D eigenvalue weighted by Gasteiger charge is 2.37. The van der Waals surface area contributed by atoms with Crippen molar-refractivity contribution in [1.29, 1.82) is 0 Å². The van der Waals surface area contributed by atoms with Crippen molar-refractivity contribution in [2.75, 3.05) is 6.54 Å². The summed E-state index contributed by atoms with van der Waals surface area (Å²) in [4.78, 5) is 28.5. The van der Waals surface area contributed by atoms with Gasteiger partial charge in [0.1, 0.15) is 0 Å². The zero-order valence-electron chi connectivity index (χ0n) is 18.1. The number of nitrogens with zero attached hydrogens (tertiary/aromatic N) is 1. The first-order valence-electron chi connectivity index (χ1n) is 10.0. The molecule has 180 valence electrons. The van der Waals surface area contributed by atoms with Gasteiger partial charge in [-0.1, -0.05) is 13.8 Å². The maximum Gasteiger partial charge on any atom is 0.416 e. The van der Waals surface area contributed by atoms with Crippen LogP contribution in [0.5, 0.6) is 0 Å². The van der Waals surface area contributed by atoms with E-state index in [0.717, 1.165) is 0 Å². The number of hydrogen-bond acceptors (Lipinski definition) is 3. The lowest BCUT2D eigenvalue weighted by Crippen LogP contribution is -2.31. The molecule has 2 aromatic rings. The number of nitrogens with one attached hydrogen (secondary N) is 2. The van der Waals surface area contributed by atoms with E-state index in [4.69, 9.17) is 0 Å². The third-order valence-electron chi connectivity index (χ3n) is 4.78. The number of amides is 2. The van der Waals surface area contributed by atoms with Crippen LogP contribution in [0.15, 0.2) is 36.5 Å². The van der Waals surface area contributed by atoms with Gasteiger partial charge in [-0.15, -0.1) is 0 Å². The zero-order valence-corrected chi connectivity index (χ0v) is 18.1. The Hall–Kier alpha value is -3.11. The number of pyridine rings is 1. The van der Waals surface area contributed by atoms with E-state index < -0.39 is 35.4 Å². The highest BCUT2D eigenvalue weighted by molar-refractivity contribution is 5.95. The highest BCUT2D eigenvalue weighted by atomic mass is 19.4. The van der Waals surface area contributed by atoms with Crippen molar-refractivity contribution in [3.05, 3.63) is 64.5 Å². The molecule has 0 radical (unpaired) electrons. The van der Waals surface area contributed by atoms with Gasteiger partial charge in [0.15, 0.2) is 0 Å². The van der Waals surface area contributed by atoms with E-state index in [1.807, 2.05) is 0 Å². The van der Waals surface area contributed by atoms with Crippen LogP contribution in [0.3, 0.4) is 0 Å². The average Bonchev–Trinajstić information content (AvgIpc) is 2.72. The van der Waals surface area contributed by atoms with Crippen molar-refractivity contribution < 1.29 is 35.9 Å². The molecule has 1 heterocycles. The summed E-state index contributed by atoms with van der Waals surface area (Å²) in [5.41, 5.74) is -2.84. The van der Waals surface area contributed by atoms with Crippen molar-refractivity contribution in [3.8, 4) is 0 Å². The summed E-state index contributed by atoms with van der Waals surface area (Å²) in [5, 5.41) is 5.11. The van der Waals surface area contributed by atoms with Crippen LogP contribution < -0.4 is 10.6 Å². The topological polar surface area (TPSA) is 71.1 Å². The van der Waals surface area contributed by atoms with Crippen molar-refractivity contribution in [3.63, 3.8) is 0 Å². The summed E-state index contributed by atoms with van der Waals surface area (Å²) < 4.78 is 78.7. The Bertz CT molecular complexity index is 970. The van der Waals surface area contributed by atoms with E-state index >= 15 is 0 Å². The summed E-state index contributed by atoms with van der Waals surface area (Å²) in [7, 11) is 0. The number of benzene rings is 1. The largest absolute Gasteiger partial charge is 0.416 e. The highest BCUT2D eigenvalue weighted by Crippen LogP contribution is 2.37. The fourth-order valence-electron chi connectivity index (χ4n) is 2.94. The number of carbonyl (C=O) groups excluding carboxylic acids is 2. The monoisotopic (exact) mass is 475 g/mol. The first kappa shape index (κ1) is 26.1. The fourth-order valence-corrected chi connectivity index (χ4v) is 2.94. The Balaban J connectivity index is 2.24. The minimum Gasteiger partial charge on any atom is -0.355 e. The number of carbonyl (C=O) groups is 2.